The van der Waals surface area contributed by atoms with Crippen LogP contribution in [0.1, 0.15) is 33.6 Å². The smallest absolute Gasteiger partial charge is 0.269 e. The van der Waals surface area contributed by atoms with Crippen LogP contribution in [0.2, 0.25) is 0 Å². The summed E-state index contributed by atoms with van der Waals surface area (Å²) in [6.45, 7) is 9.26. The lowest BCUT2D eigenvalue weighted by molar-refractivity contribution is -0.419. The molecule has 0 aliphatic heterocycles. The lowest BCUT2D eigenvalue weighted by atomic mass is 10.1. The summed E-state index contributed by atoms with van der Waals surface area (Å²) in [5, 5.41) is 19.1. The van der Waals surface area contributed by atoms with Crippen molar-refractivity contribution in [1.82, 2.24) is 0 Å². The number of hydrogen-bond donors (Lipinski definition) is 1. The van der Waals surface area contributed by atoms with Gasteiger partial charge < -0.3 is 5.11 Å². The minimum absolute atomic E-state index is 0.0176. The molecular formula is C12H21NO3. The topological polar surface area (TPSA) is 63.4 Å². The van der Waals surface area contributed by atoms with Crippen LogP contribution in [-0.4, -0.2) is 16.6 Å². The van der Waals surface area contributed by atoms with Crippen molar-refractivity contribution in [2.45, 2.75) is 33.6 Å². The maximum Gasteiger partial charge on any atom is 0.269 e. The van der Waals surface area contributed by atoms with Crippen molar-refractivity contribution in [2.75, 3.05) is 6.61 Å². The molecular weight excluding hydrogens is 206 g/mol. The summed E-state index contributed by atoms with van der Waals surface area (Å²) in [5.74, 6) is 0. The van der Waals surface area contributed by atoms with Crippen LogP contribution in [0.4, 0.5) is 0 Å². The summed E-state index contributed by atoms with van der Waals surface area (Å²) in [4.78, 5) is 9.97. The van der Waals surface area contributed by atoms with Crippen molar-refractivity contribution in [3.8, 4) is 0 Å². The van der Waals surface area contributed by atoms with Crippen LogP contribution >= 0.6 is 0 Å². The molecule has 0 radical (unpaired) electrons. The molecule has 0 bridgehead atoms. The molecule has 0 heterocycles. The molecule has 0 aromatic rings. The minimum Gasteiger partial charge on any atom is -0.396 e. The molecule has 0 aliphatic rings. The molecule has 16 heavy (non-hydrogen) atoms. The summed E-state index contributed by atoms with van der Waals surface area (Å²) in [5.41, 5.74) is 0.821. The van der Waals surface area contributed by atoms with Gasteiger partial charge >= 0.3 is 0 Å². The van der Waals surface area contributed by atoms with E-state index in [1.165, 1.54) is 12.2 Å². The number of hydrogen-bond acceptors (Lipinski definition) is 3. The summed E-state index contributed by atoms with van der Waals surface area (Å²) in [6, 6.07) is 0. The normalized spacial score (nSPS) is 11.5. The number of aliphatic hydroxyl groups excluding tert-OH is 1. The SMILES string of the molecule is C=C/C(=C\C(=C/C)CCCO)[N+](=O)[O-].CC. The predicted molar refractivity (Wildman–Crippen MR) is 66.7 cm³/mol. The van der Waals surface area contributed by atoms with Crippen LogP contribution in [0, 0.1) is 10.1 Å². The fourth-order valence-corrected chi connectivity index (χ4v) is 0.959. The molecule has 0 saturated carbocycles. The molecule has 92 valence electrons. The van der Waals surface area contributed by atoms with Gasteiger partial charge in [0.2, 0.25) is 0 Å². The first-order valence-electron chi connectivity index (χ1n) is 5.40. The highest BCUT2D eigenvalue weighted by molar-refractivity contribution is 5.24. The van der Waals surface area contributed by atoms with E-state index < -0.39 is 4.92 Å². The van der Waals surface area contributed by atoms with Crippen molar-refractivity contribution in [3.63, 3.8) is 0 Å². The molecule has 4 nitrogen and oxygen atoms in total. The molecule has 4 heteroatoms. The standard InChI is InChI=1S/C10H15NO3.C2H6/c1-3-9(6-5-7-12)8-10(4-2)11(13)14;1-2/h3-4,8,12H,2,5-7H2,1H3;1-2H3/b9-3-,10-8+;. The first-order chi connectivity index (χ1) is 7.65. The van der Waals surface area contributed by atoms with E-state index in [2.05, 4.69) is 6.58 Å². The largest absolute Gasteiger partial charge is 0.396 e. The van der Waals surface area contributed by atoms with Crippen LogP contribution in [0.3, 0.4) is 0 Å². The first-order valence-corrected chi connectivity index (χ1v) is 5.40. The van der Waals surface area contributed by atoms with Gasteiger partial charge in [-0.05, 0) is 25.3 Å². The Bertz CT molecular complexity index is 267. The van der Waals surface area contributed by atoms with E-state index in [9.17, 15) is 10.1 Å². The molecule has 0 aromatic carbocycles. The first kappa shape index (κ1) is 17.0. The van der Waals surface area contributed by atoms with E-state index in [0.717, 1.165) is 5.57 Å². The van der Waals surface area contributed by atoms with Gasteiger partial charge in [0, 0.05) is 18.8 Å². The van der Waals surface area contributed by atoms with Gasteiger partial charge in [0.1, 0.15) is 0 Å². The molecule has 0 atom stereocenters. The van der Waals surface area contributed by atoms with Crippen LogP contribution in [0.25, 0.3) is 0 Å². The molecule has 0 spiro atoms. The quantitative estimate of drug-likeness (QED) is 0.431. The Morgan fingerprint density at radius 2 is 2.06 bits per heavy atom. The third-order valence-corrected chi connectivity index (χ3v) is 1.75. The molecule has 1 N–H and O–H groups in total. The predicted octanol–water partition coefficient (Wildman–Crippen LogP) is 3.08. The molecule has 0 amide bonds. The highest BCUT2D eigenvalue weighted by atomic mass is 16.6. The van der Waals surface area contributed by atoms with Crippen molar-refractivity contribution in [2.24, 2.45) is 0 Å². The van der Waals surface area contributed by atoms with Gasteiger partial charge in [0.25, 0.3) is 5.70 Å². The van der Waals surface area contributed by atoms with E-state index in [1.807, 2.05) is 20.8 Å². The Morgan fingerprint density at radius 3 is 2.38 bits per heavy atom. The summed E-state index contributed by atoms with van der Waals surface area (Å²) >= 11 is 0. The fourth-order valence-electron chi connectivity index (χ4n) is 0.959. The van der Waals surface area contributed by atoms with Crippen molar-refractivity contribution in [3.05, 3.63) is 46.2 Å². The number of aliphatic hydroxyl groups is 1. The Morgan fingerprint density at radius 1 is 1.50 bits per heavy atom. The van der Waals surface area contributed by atoms with E-state index in [4.69, 9.17) is 5.11 Å². The highest BCUT2D eigenvalue weighted by Crippen LogP contribution is 2.10. The fraction of sp³-hybridized carbons (Fsp3) is 0.500. The number of allylic oxidation sites excluding steroid dienone is 4. The third-order valence-electron chi connectivity index (χ3n) is 1.75. The molecule has 0 unspecified atom stereocenters. The van der Waals surface area contributed by atoms with Gasteiger partial charge in [-0.3, -0.25) is 10.1 Å². The van der Waals surface area contributed by atoms with Gasteiger partial charge in [-0.2, -0.15) is 0 Å². The highest BCUT2D eigenvalue weighted by Gasteiger charge is 2.05. The number of rotatable bonds is 6. The van der Waals surface area contributed by atoms with E-state index in [-0.39, 0.29) is 12.3 Å². The molecule has 0 aromatic heterocycles. The molecule has 0 rings (SSSR count). The van der Waals surface area contributed by atoms with Crippen LogP contribution in [-0.2, 0) is 0 Å². The lowest BCUT2D eigenvalue weighted by Crippen LogP contribution is -1.96. The number of nitrogens with zero attached hydrogens (tertiary/aromatic N) is 1. The zero-order valence-electron chi connectivity index (χ0n) is 10.3. The van der Waals surface area contributed by atoms with Gasteiger partial charge in [-0.1, -0.05) is 26.5 Å². The third kappa shape index (κ3) is 7.94. The second-order valence-electron chi connectivity index (χ2n) is 2.72. The average Bonchev–Trinajstić information content (AvgIpc) is 2.31. The Hall–Kier alpha value is -1.42. The van der Waals surface area contributed by atoms with Gasteiger partial charge in [-0.25, -0.2) is 0 Å². The maximum atomic E-state index is 10.4. The number of nitro groups is 1. The van der Waals surface area contributed by atoms with Crippen LogP contribution < -0.4 is 0 Å². The van der Waals surface area contributed by atoms with Crippen LogP contribution in [0.15, 0.2) is 36.1 Å². The Kier molecular flexibility index (Phi) is 12.4. The van der Waals surface area contributed by atoms with Crippen molar-refractivity contribution >= 4 is 0 Å². The summed E-state index contributed by atoms with van der Waals surface area (Å²) in [7, 11) is 0. The monoisotopic (exact) mass is 227 g/mol. The molecule has 0 saturated heterocycles. The minimum atomic E-state index is -0.477. The van der Waals surface area contributed by atoms with E-state index in [1.54, 1.807) is 6.08 Å². The Labute approximate surface area is 97.1 Å². The van der Waals surface area contributed by atoms with Crippen molar-refractivity contribution < 1.29 is 10.0 Å². The van der Waals surface area contributed by atoms with Gasteiger partial charge in [0.15, 0.2) is 0 Å². The second-order valence-corrected chi connectivity index (χ2v) is 2.72. The Balaban J connectivity index is 0. The average molecular weight is 227 g/mol. The van der Waals surface area contributed by atoms with Gasteiger partial charge in [-0.15, -0.1) is 0 Å². The second kappa shape index (κ2) is 11.7. The summed E-state index contributed by atoms with van der Waals surface area (Å²) < 4.78 is 0. The maximum absolute atomic E-state index is 10.4. The van der Waals surface area contributed by atoms with Crippen LogP contribution in [0.5, 0.6) is 0 Å². The van der Waals surface area contributed by atoms with E-state index in [0.29, 0.717) is 12.8 Å². The zero-order valence-corrected chi connectivity index (χ0v) is 10.3. The molecule has 0 fully saturated rings. The molecule has 0 aliphatic carbocycles. The van der Waals surface area contributed by atoms with Gasteiger partial charge in [0.05, 0.1) is 4.92 Å². The van der Waals surface area contributed by atoms with Crippen molar-refractivity contribution in [1.29, 1.82) is 0 Å². The van der Waals surface area contributed by atoms with E-state index >= 15 is 0 Å². The summed E-state index contributed by atoms with van der Waals surface area (Å²) in [6.07, 6.45) is 5.73. The lowest BCUT2D eigenvalue weighted by Gasteiger charge is -1.98. The zero-order chi connectivity index (χ0) is 13.0.